The third-order valence-electron chi connectivity index (χ3n) is 5.98. The zero-order chi connectivity index (χ0) is 20.7. The number of hydrogen-bond acceptors (Lipinski definition) is 4. The number of allylic oxidation sites excluding steroid dienone is 1. The van der Waals surface area contributed by atoms with Crippen LogP contribution in [0.15, 0.2) is 54.6 Å². The Balaban J connectivity index is 1.65. The molecule has 1 amide bonds. The molecule has 1 fully saturated rings. The molecule has 6 nitrogen and oxygen atoms in total. The summed E-state index contributed by atoms with van der Waals surface area (Å²) in [6.45, 7) is 1.61. The normalized spacial score (nSPS) is 16.1. The third kappa shape index (κ3) is 2.96. The van der Waals surface area contributed by atoms with E-state index in [4.69, 9.17) is 9.47 Å². The van der Waals surface area contributed by atoms with Gasteiger partial charge in [-0.3, -0.25) is 9.89 Å². The number of carbonyl (C=O) groups excluding carboxylic acids is 1. The van der Waals surface area contributed by atoms with Gasteiger partial charge in [-0.05, 0) is 35.4 Å². The van der Waals surface area contributed by atoms with Gasteiger partial charge in [0.25, 0.3) is 5.91 Å². The second-order valence-electron chi connectivity index (χ2n) is 7.70. The molecule has 3 aromatic rings. The van der Waals surface area contributed by atoms with Crippen molar-refractivity contribution in [2.45, 2.75) is 11.8 Å². The van der Waals surface area contributed by atoms with Gasteiger partial charge in [-0.2, -0.15) is 5.10 Å². The Labute approximate surface area is 175 Å². The van der Waals surface area contributed by atoms with E-state index in [1.807, 2.05) is 30.3 Å². The van der Waals surface area contributed by atoms with Crippen molar-refractivity contribution in [3.63, 3.8) is 0 Å². The van der Waals surface area contributed by atoms with Crippen molar-refractivity contribution in [3.8, 4) is 11.5 Å². The van der Waals surface area contributed by atoms with Crippen LogP contribution in [0.25, 0.3) is 6.08 Å². The van der Waals surface area contributed by atoms with Gasteiger partial charge in [0, 0.05) is 36.2 Å². The lowest BCUT2D eigenvalue weighted by Crippen LogP contribution is -2.31. The van der Waals surface area contributed by atoms with Gasteiger partial charge in [0.05, 0.1) is 14.2 Å². The SMILES string of the molecule is COc1cccc(C2(c3cccc(OC)c3)C=Cc3c(C(=O)N4CC4)n[nH]c3C2)c1. The van der Waals surface area contributed by atoms with E-state index in [1.165, 1.54) is 0 Å². The molecule has 1 N–H and O–H groups in total. The molecule has 2 aliphatic rings. The number of rotatable bonds is 5. The standard InChI is InChI=1S/C24H23N3O3/c1-29-18-7-3-5-16(13-18)24(17-6-4-8-19(14-17)30-2)10-9-20-21(15-24)25-26-22(20)23(28)27-11-12-27/h3-10,13-14H,11-12,15H2,1-2H3,(H,25,26). The van der Waals surface area contributed by atoms with Gasteiger partial charge >= 0.3 is 0 Å². The first-order chi connectivity index (χ1) is 14.6. The first kappa shape index (κ1) is 18.5. The molecule has 0 spiro atoms. The molecule has 0 atom stereocenters. The molecule has 0 unspecified atom stereocenters. The van der Waals surface area contributed by atoms with E-state index in [-0.39, 0.29) is 5.91 Å². The molecule has 1 aromatic heterocycles. The quantitative estimate of drug-likeness (QED) is 0.665. The number of methoxy groups -OCH3 is 2. The summed E-state index contributed by atoms with van der Waals surface area (Å²) in [5, 5.41) is 7.49. The molecule has 1 aliphatic carbocycles. The van der Waals surface area contributed by atoms with Gasteiger partial charge in [0.1, 0.15) is 11.5 Å². The Morgan fingerprint density at radius 3 is 2.23 bits per heavy atom. The van der Waals surface area contributed by atoms with E-state index in [9.17, 15) is 4.79 Å². The number of carbonyl (C=O) groups is 1. The molecule has 2 aromatic carbocycles. The van der Waals surface area contributed by atoms with Gasteiger partial charge in [0.15, 0.2) is 5.69 Å². The van der Waals surface area contributed by atoms with E-state index in [1.54, 1.807) is 19.1 Å². The lowest BCUT2D eigenvalue weighted by molar-refractivity contribution is 0.0880. The molecular formula is C24H23N3O3. The third-order valence-corrected chi connectivity index (χ3v) is 5.98. The van der Waals surface area contributed by atoms with E-state index in [0.29, 0.717) is 12.1 Å². The average molecular weight is 401 g/mol. The van der Waals surface area contributed by atoms with Crippen LogP contribution in [-0.4, -0.2) is 48.3 Å². The predicted octanol–water partition coefficient (Wildman–Crippen LogP) is 3.44. The second-order valence-corrected chi connectivity index (χ2v) is 7.70. The van der Waals surface area contributed by atoms with Crippen LogP contribution in [0.2, 0.25) is 0 Å². The highest BCUT2D eigenvalue weighted by atomic mass is 16.5. The summed E-state index contributed by atoms with van der Waals surface area (Å²) in [7, 11) is 3.35. The summed E-state index contributed by atoms with van der Waals surface area (Å²) < 4.78 is 11.0. The predicted molar refractivity (Wildman–Crippen MR) is 114 cm³/mol. The minimum Gasteiger partial charge on any atom is -0.497 e. The molecule has 0 radical (unpaired) electrons. The molecular weight excluding hydrogens is 378 g/mol. The molecule has 152 valence electrons. The maximum absolute atomic E-state index is 12.6. The van der Waals surface area contributed by atoms with Gasteiger partial charge in [-0.1, -0.05) is 36.4 Å². The first-order valence-corrected chi connectivity index (χ1v) is 9.99. The van der Waals surface area contributed by atoms with Crippen molar-refractivity contribution >= 4 is 12.0 Å². The lowest BCUT2D eigenvalue weighted by atomic mass is 9.68. The highest BCUT2D eigenvalue weighted by molar-refractivity contribution is 5.97. The summed E-state index contributed by atoms with van der Waals surface area (Å²) in [5.74, 6) is 1.60. The zero-order valence-corrected chi connectivity index (χ0v) is 17.0. The highest BCUT2D eigenvalue weighted by Crippen LogP contribution is 2.43. The number of aromatic amines is 1. The van der Waals surface area contributed by atoms with Gasteiger partial charge < -0.3 is 14.4 Å². The van der Waals surface area contributed by atoms with Crippen LogP contribution in [0, 0.1) is 0 Å². The Kier molecular flexibility index (Phi) is 4.35. The molecule has 5 rings (SSSR count). The van der Waals surface area contributed by atoms with Crippen LogP contribution in [-0.2, 0) is 11.8 Å². The molecule has 1 aliphatic heterocycles. The number of nitrogens with one attached hydrogen (secondary N) is 1. The van der Waals surface area contributed by atoms with Gasteiger partial charge in [0.2, 0.25) is 0 Å². The minimum atomic E-state index is -0.442. The molecule has 1 saturated heterocycles. The number of benzene rings is 2. The summed E-state index contributed by atoms with van der Waals surface area (Å²) in [4.78, 5) is 14.4. The number of nitrogens with zero attached hydrogens (tertiary/aromatic N) is 2. The number of amides is 1. The van der Waals surface area contributed by atoms with Crippen LogP contribution >= 0.6 is 0 Å². The molecule has 2 heterocycles. The highest BCUT2D eigenvalue weighted by Gasteiger charge is 2.39. The fraction of sp³-hybridized carbons (Fsp3) is 0.250. The van der Waals surface area contributed by atoms with Crippen molar-refractivity contribution in [2.75, 3.05) is 27.3 Å². The van der Waals surface area contributed by atoms with Crippen LogP contribution in [0.5, 0.6) is 11.5 Å². The van der Waals surface area contributed by atoms with Crippen LogP contribution < -0.4 is 9.47 Å². The number of aromatic nitrogens is 2. The number of H-pyrrole nitrogens is 1. The van der Waals surface area contributed by atoms with E-state index in [0.717, 1.165) is 47.0 Å². The Morgan fingerprint density at radius 2 is 1.67 bits per heavy atom. The van der Waals surface area contributed by atoms with Gasteiger partial charge in [-0.25, -0.2) is 0 Å². The summed E-state index contributed by atoms with van der Waals surface area (Å²) in [5.41, 5.74) is 4.10. The zero-order valence-electron chi connectivity index (χ0n) is 17.0. The molecule has 30 heavy (non-hydrogen) atoms. The van der Waals surface area contributed by atoms with E-state index >= 15 is 0 Å². The summed E-state index contributed by atoms with van der Waals surface area (Å²) in [6, 6.07) is 16.2. The number of fused-ring (bicyclic) bond motifs is 1. The van der Waals surface area contributed by atoms with Crippen molar-refractivity contribution in [3.05, 3.63) is 82.7 Å². The smallest absolute Gasteiger partial charge is 0.275 e. The first-order valence-electron chi connectivity index (χ1n) is 9.99. The van der Waals surface area contributed by atoms with E-state index in [2.05, 4.69) is 40.5 Å². The van der Waals surface area contributed by atoms with Crippen molar-refractivity contribution in [1.29, 1.82) is 0 Å². The van der Waals surface area contributed by atoms with Crippen LogP contribution in [0.3, 0.4) is 0 Å². The molecule has 0 saturated carbocycles. The number of hydrogen-bond donors (Lipinski definition) is 1. The molecule has 6 heteroatoms. The van der Waals surface area contributed by atoms with Crippen LogP contribution in [0.1, 0.15) is 32.9 Å². The Bertz CT molecular complexity index is 1100. The average Bonchev–Trinajstić information content (AvgIpc) is 3.57. The Hall–Kier alpha value is -3.54. The van der Waals surface area contributed by atoms with Gasteiger partial charge in [-0.15, -0.1) is 0 Å². The van der Waals surface area contributed by atoms with Crippen molar-refractivity contribution < 1.29 is 14.3 Å². The topological polar surface area (TPSA) is 67.2 Å². The lowest BCUT2D eigenvalue weighted by Gasteiger charge is -2.35. The summed E-state index contributed by atoms with van der Waals surface area (Å²) in [6.07, 6.45) is 4.85. The maximum atomic E-state index is 12.6. The van der Waals surface area contributed by atoms with Crippen molar-refractivity contribution in [1.82, 2.24) is 15.1 Å². The number of ether oxygens (including phenoxy) is 2. The minimum absolute atomic E-state index is 0.00703. The molecule has 0 bridgehead atoms. The van der Waals surface area contributed by atoms with E-state index < -0.39 is 5.41 Å². The monoisotopic (exact) mass is 401 g/mol. The second kappa shape index (κ2) is 7.06. The maximum Gasteiger partial charge on any atom is 0.275 e. The van der Waals surface area contributed by atoms with Crippen molar-refractivity contribution in [2.24, 2.45) is 0 Å². The fourth-order valence-electron chi connectivity index (χ4n) is 4.19. The Morgan fingerprint density at radius 1 is 1.03 bits per heavy atom. The van der Waals surface area contributed by atoms with Crippen LogP contribution in [0.4, 0.5) is 0 Å². The summed E-state index contributed by atoms with van der Waals surface area (Å²) >= 11 is 0. The fourth-order valence-corrected chi connectivity index (χ4v) is 4.19. The largest absolute Gasteiger partial charge is 0.497 e.